The molecule has 50 heavy (non-hydrogen) atoms. The minimum Gasteiger partial charge on any atom is -0.462 e. The van der Waals surface area contributed by atoms with Crippen molar-refractivity contribution in [2.75, 3.05) is 13.2 Å². The van der Waals surface area contributed by atoms with Gasteiger partial charge in [0.25, 0.3) is 0 Å². The molecule has 0 radical (unpaired) electrons. The van der Waals surface area contributed by atoms with Crippen LogP contribution in [0.5, 0.6) is 0 Å². The van der Waals surface area contributed by atoms with E-state index in [1.165, 1.54) is 89.9 Å². The summed E-state index contributed by atoms with van der Waals surface area (Å²) in [5.41, 5.74) is 0. The maximum absolute atomic E-state index is 12.2. The lowest BCUT2D eigenvalue weighted by Crippen LogP contribution is -2.28. The van der Waals surface area contributed by atoms with Gasteiger partial charge in [-0.15, -0.1) is 0 Å². The predicted octanol–water partition coefficient (Wildman–Crippen LogP) is 13.0. The van der Waals surface area contributed by atoms with Crippen LogP contribution in [-0.4, -0.2) is 36.4 Å². The molecule has 0 rings (SSSR count). The van der Waals surface area contributed by atoms with E-state index >= 15 is 0 Å². The number of aliphatic hydroxyl groups excluding tert-OH is 1. The summed E-state index contributed by atoms with van der Waals surface area (Å²) in [6.07, 6.45) is 54.0. The first-order valence-electron chi connectivity index (χ1n) is 20.5. The first kappa shape index (κ1) is 47.3. The standard InChI is InChI=1S/C45H76O5/c1-3-5-7-9-11-13-15-17-19-21-22-24-26-28-30-32-34-36-38-40-45(48)50-43(41-46)42-49-44(47)39-37-35-33-31-29-27-25-23-20-18-16-14-12-10-8-6-4-2/h6,8,12,14,17-20,25,27,31,33,43,46H,3-5,7,9-11,13,15-16,21-24,26,28-30,32,34-42H2,1-2H3/b8-6-,14-12-,19-17-,20-18-,27-25-,33-31-/t43-/m0/s1. The first-order chi connectivity index (χ1) is 24.6. The molecule has 0 spiro atoms. The minimum absolute atomic E-state index is 0.0990. The molecule has 1 atom stereocenters. The van der Waals surface area contributed by atoms with Gasteiger partial charge in [-0.2, -0.15) is 0 Å². The number of carbonyl (C=O) groups is 2. The zero-order valence-corrected chi connectivity index (χ0v) is 32.4. The summed E-state index contributed by atoms with van der Waals surface area (Å²) in [6, 6.07) is 0. The fourth-order valence-corrected chi connectivity index (χ4v) is 5.41. The van der Waals surface area contributed by atoms with Gasteiger partial charge in [-0.25, -0.2) is 0 Å². The number of rotatable bonds is 36. The van der Waals surface area contributed by atoms with Crippen molar-refractivity contribution in [2.24, 2.45) is 0 Å². The van der Waals surface area contributed by atoms with Crippen molar-refractivity contribution in [3.05, 3.63) is 72.9 Å². The SMILES string of the molecule is CC/C=C\C/C=C\C/C=C\C/C=C\C/C=C\CCCC(=O)OC[C@H](CO)OC(=O)CCCCCCCCCCC/C=C\CCCCCCCC. The van der Waals surface area contributed by atoms with Gasteiger partial charge >= 0.3 is 11.9 Å². The second-order valence-electron chi connectivity index (χ2n) is 13.3. The highest BCUT2D eigenvalue weighted by atomic mass is 16.6. The molecule has 286 valence electrons. The number of hydrogen-bond donors (Lipinski definition) is 1. The van der Waals surface area contributed by atoms with Crippen LogP contribution in [0.15, 0.2) is 72.9 Å². The molecular formula is C45H76O5. The van der Waals surface area contributed by atoms with E-state index in [1.807, 2.05) is 0 Å². The van der Waals surface area contributed by atoms with Crippen molar-refractivity contribution >= 4 is 11.9 Å². The van der Waals surface area contributed by atoms with Crippen LogP contribution in [0.2, 0.25) is 0 Å². The van der Waals surface area contributed by atoms with Gasteiger partial charge in [-0.3, -0.25) is 9.59 Å². The Morgan fingerprint density at radius 2 is 0.880 bits per heavy atom. The lowest BCUT2D eigenvalue weighted by molar-refractivity contribution is -0.161. The second kappa shape index (κ2) is 40.8. The second-order valence-corrected chi connectivity index (χ2v) is 13.3. The monoisotopic (exact) mass is 697 g/mol. The van der Waals surface area contributed by atoms with Crippen LogP contribution in [0, 0.1) is 0 Å². The van der Waals surface area contributed by atoms with Gasteiger partial charge in [0.05, 0.1) is 6.61 Å². The third kappa shape index (κ3) is 38.1. The van der Waals surface area contributed by atoms with Gasteiger partial charge in [0, 0.05) is 12.8 Å². The number of allylic oxidation sites excluding steroid dienone is 12. The van der Waals surface area contributed by atoms with Gasteiger partial charge in [-0.05, 0) is 77.0 Å². The Morgan fingerprint density at radius 1 is 0.480 bits per heavy atom. The number of hydrogen-bond acceptors (Lipinski definition) is 5. The topological polar surface area (TPSA) is 72.8 Å². The summed E-state index contributed by atoms with van der Waals surface area (Å²) < 4.78 is 10.6. The minimum atomic E-state index is -0.798. The highest BCUT2D eigenvalue weighted by Crippen LogP contribution is 2.13. The highest BCUT2D eigenvalue weighted by Gasteiger charge is 2.16. The summed E-state index contributed by atoms with van der Waals surface area (Å²) in [7, 11) is 0. The maximum Gasteiger partial charge on any atom is 0.306 e. The van der Waals surface area contributed by atoms with Crippen LogP contribution in [0.1, 0.15) is 181 Å². The fraction of sp³-hybridized carbons (Fsp3) is 0.689. The summed E-state index contributed by atoms with van der Waals surface area (Å²) >= 11 is 0. The van der Waals surface area contributed by atoms with Gasteiger partial charge in [0.15, 0.2) is 6.10 Å². The predicted molar refractivity (Wildman–Crippen MR) is 214 cm³/mol. The van der Waals surface area contributed by atoms with Crippen LogP contribution in [-0.2, 0) is 19.1 Å². The Kier molecular flexibility index (Phi) is 38.6. The van der Waals surface area contributed by atoms with Crippen molar-refractivity contribution in [1.29, 1.82) is 0 Å². The van der Waals surface area contributed by atoms with Gasteiger partial charge in [0.2, 0.25) is 0 Å². The molecule has 0 amide bonds. The van der Waals surface area contributed by atoms with Crippen molar-refractivity contribution in [2.45, 2.75) is 187 Å². The van der Waals surface area contributed by atoms with Crippen molar-refractivity contribution < 1.29 is 24.2 Å². The molecule has 0 saturated heterocycles. The highest BCUT2D eigenvalue weighted by molar-refractivity contribution is 5.70. The fourth-order valence-electron chi connectivity index (χ4n) is 5.41. The molecule has 5 heteroatoms. The van der Waals surface area contributed by atoms with Gasteiger partial charge in [0.1, 0.15) is 6.61 Å². The van der Waals surface area contributed by atoms with E-state index in [9.17, 15) is 14.7 Å². The van der Waals surface area contributed by atoms with Crippen molar-refractivity contribution in [3.8, 4) is 0 Å². The third-order valence-electron chi connectivity index (χ3n) is 8.48. The van der Waals surface area contributed by atoms with E-state index in [-0.39, 0.29) is 25.2 Å². The van der Waals surface area contributed by atoms with E-state index in [0.717, 1.165) is 57.8 Å². The Morgan fingerprint density at radius 3 is 1.38 bits per heavy atom. The lowest BCUT2D eigenvalue weighted by Gasteiger charge is -2.15. The van der Waals surface area contributed by atoms with Crippen molar-refractivity contribution in [3.63, 3.8) is 0 Å². The number of carbonyl (C=O) groups excluding carboxylic acids is 2. The van der Waals surface area contributed by atoms with Crippen LogP contribution in [0.4, 0.5) is 0 Å². The van der Waals surface area contributed by atoms with Crippen LogP contribution >= 0.6 is 0 Å². The third-order valence-corrected chi connectivity index (χ3v) is 8.48. The molecule has 0 aromatic rings. The summed E-state index contributed by atoms with van der Waals surface area (Å²) in [4.78, 5) is 24.3. The average molecular weight is 697 g/mol. The Labute approximate surface area is 308 Å². The zero-order chi connectivity index (χ0) is 36.4. The molecule has 0 aliphatic heterocycles. The molecule has 0 bridgehead atoms. The van der Waals surface area contributed by atoms with E-state index in [2.05, 4.69) is 86.8 Å². The molecule has 0 aromatic carbocycles. The molecule has 1 N–H and O–H groups in total. The van der Waals surface area contributed by atoms with E-state index in [0.29, 0.717) is 19.3 Å². The molecule has 0 fully saturated rings. The van der Waals surface area contributed by atoms with E-state index in [1.54, 1.807) is 0 Å². The normalized spacial score (nSPS) is 12.9. The Hall–Kier alpha value is -2.66. The number of esters is 2. The van der Waals surface area contributed by atoms with Gasteiger partial charge in [-0.1, -0.05) is 164 Å². The Balaban J connectivity index is 3.65. The molecule has 0 aromatic heterocycles. The maximum atomic E-state index is 12.2. The smallest absolute Gasteiger partial charge is 0.306 e. The van der Waals surface area contributed by atoms with Crippen LogP contribution in [0.25, 0.3) is 0 Å². The number of aliphatic hydroxyl groups is 1. The molecule has 0 aliphatic rings. The summed E-state index contributed by atoms with van der Waals surface area (Å²) in [5.74, 6) is -0.665. The Bertz CT molecular complexity index is 926. The quantitative estimate of drug-likeness (QED) is 0.0401. The van der Waals surface area contributed by atoms with Crippen molar-refractivity contribution in [1.82, 2.24) is 0 Å². The number of unbranched alkanes of at least 4 members (excludes halogenated alkanes) is 16. The van der Waals surface area contributed by atoms with E-state index in [4.69, 9.17) is 9.47 Å². The molecule has 0 saturated carbocycles. The van der Waals surface area contributed by atoms with Gasteiger partial charge < -0.3 is 14.6 Å². The molecule has 0 aliphatic carbocycles. The molecule has 0 heterocycles. The molecular weight excluding hydrogens is 620 g/mol. The molecule has 5 nitrogen and oxygen atoms in total. The lowest BCUT2D eigenvalue weighted by atomic mass is 10.1. The largest absolute Gasteiger partial charge is 0.462 e. The summed E-state index contributed by atoms with van der Waals surface area (Å²) in [5, 5.41) is 9.56. The first-order valence-corrected chi connectivity index (χ1v) is 20.5. The average Bonchev–Trinajstić information content (AvgIpc) is 3.12. The molecule has 0 unspecified atom stereocenters. The zero-order valence-electron chi connectivity index (χ0n) is 32.4. The summed E-state index contributed by atoms with van der Waals surface area (Å²) in [6.45, 7) is 3.96. The van der Waals surface area contributed by atoms with Crippen LogP contribution in [0.3, 0.4) is 0 Å². The number of ether oxygens (including phenoxy) is 2. The van der Waals surface area contributed by atoms with Crippen LogP contribution < -0.4 is 0 Å². The van der Waals surface area contributed by atoms with E-state index < -0.39 is 6.10 Å².